The van der Waals surface area contributed by atoms with Gasteiger partial charge in [0.05, 0.1) is 0 Å². The maximum absolute atomic E-state index is 12.7. The third-order valence-electron chi connectivity index (χ3n) is 2.13. The Balaban J connectivity index is 1.97. The lowest BCUT2D eigenvalue weighted by molar-refractivity contribution is 0.627. The molecular weight excluding hydrogens is 287 g/mol. The molecule has 16 heavy (non-hydrogen) atoms. The van der Waals surface area contributed by atoms with E-state index in [4.69, 9.17) is 0 Å². The van der Waals surface area contributed by atoms with Crippen molar-refractivity contribution in [3.05, 3.63) is 64.4 Å². The molecule has 0 nitrogen and oxygen atoms in total. The average Bonchev–Trinajstić information content (AvgIpc) is 2.30. The molecule has 2 aromatic rings. The minimum absolute atomic E-state index is 0.183. The quantitative estimate of drug-likeness (QED) is 0.728. The summed E-state index contributed by atoms with van der Waals surface area (Å²) in [5.41, 5.74) is 1.13. The highest BCUT2D eigenvalue weighted by Crippen LogP contribution is 2.24. The van der Waals surface area contributed by atoms with E-state index >= 15 is 0 Å². The van der Waals surface area contributed by atoms with Crippen LogP contribution in [0.25, 0.3) is 0 Å². The second-order valence-corrected chi connectivity index (χ2v) is 5.33. The van der Waals surface area contributed by atoms with E-state index in [0.29, 0.717) is 0 Å². The Morgan fingerprint density at radius 2 is 1.56 bits per heavy atom. The van der Waals surface area contributed by atoms with Crippen LogP contribution in [0.2, 0.25) is 0 Å². The minimum atomic E-state index is -0.183. The first kappa shape index (κ1) is 11.7. The fraction of sp³-hybridized carbons (Fsp3) is 0.0769. The van der Waals surface area contributed by atoms with Crippen molar-refractivity contribution in [2.45, 2.75) is 10.6 Å². The zero-order valence-corrected chi connectivity index (χ0v) is 10.9. The van der Waals surface area contributed by atoms with Gasteiger partial charge in [-0.05, 0) is 42.0 Å². The van der Waals surface area contributed by atoms with E-state index in [-0.39, 0.29) is 5.82 Å². The molecule has 0 aliphatic rings. The topological polar surface area (TPSA) is 0 Å². The van der Waals surface area contributed by atoms with Crippen molar-refractivity contribution < 1.29 is 4.39 Å². The van der Waals surface area contributed by atoms with E-state index in [1.807, 2.05) is 24.3 Å². The van der Waals surface area contributed by atoms with Gasteiger partial charge in [-0.3, -0.25) is 0 Å². The molecule has 0 bridgehead atoms. The van der Waals surface area contributed by atoms with Gasteiger partial charge in [-0.15, -0.1) is 11.8 Å². The van der Waals surface area contributed by atoms with Gasteiger partial charge in [0.15, 0.2) is 0 Å². The zero-order chi connectivity index (χ0) is 11.4. The van der Waals surface area contributed by atoms with Crippen molar-refractivity contribution in [1.82, 2.24) is 0 Å². The maximum atomic E-state index is 12.7. The van der Waals surface area contributed by atoms with E-state index in [0.717, 1.165) is 15.8 Å². The molecule has 0 spiro atoms. The molecule has 0 atom stereocenters. The predicted molar refractivity (Wildman–Crippen MR) is 70.1 cm³/mol. The first-order chi connectivity index (χ1) is 7.74. The average molecular weight is 297 g/mol. The van der Waals surface area contributed by atoms with Gasteiger partial charge in [-0.25, -0.2) is 4.39 Å². The lowest BCUT2D eigenvalue weighted by Gasteiger charge is -2.02. The highest BCUT2D eigenvalue weighted by Gasteiger charge is 1.97. The molecule has 0 unspecified atom stereocenters. The van der Waals surface area contributed by atoms with Crippen LogP contribution in [0.1, 0.15) is 5.56 Å². The van der Waals surface area contributed by atoms with Crippen LogP contribution in [-0.4, -0.2) is 0 Å². The molecule has 2 aromatic carbocycles. The molecule has 0 fully saturated rings. The van der Waals surface area contributed by atoms with Crippen molar-refractivity contribution >= 4 is 27.7 Å². The van der Waals surface area contributed by atoms with Gasteiger partial charge in [-0.1, -0.05) is 28.1 Å². The second kappa shape index (κ2) is 5.51. The number of halogens is 2. The molecule has 0 saturated heterocycles. The molecule has 0 aromatic heterocycles. The van der Waals surface area contributed by atoms with Gasteiger partial charge >= 0.3 is 0 Å². The summed E-state index contributed by atoms with van der Waals surface area (Å²) in [5.74, 6) is 0.680. The van der Waals surface area contributed by atoms with E-state index < -0.39 is 0 Å². The highest BCUT2D eigenvalue weighted by atomic mass is 79.9. The molecule has 0 aliphatic heterocycles. The molecule has 0 N–H and O–H groups in total. The SMILES string of the molecule is Fc1ccc(CSc2ccc(Br)cc2)cc1. The molecule has 0 amide bonds. The lowest BCUT2D eigenvalue weighted by atomic mass is 10.2. The van der Waals surface area contributed by atoms with E-state index in [1.54, 1.807) is 11.8 Å². The smallest absolute Gasteiger partial charge is 0.123 e. The van der Waals surface area contributed by atoms with Crippen LogP contribution in [0.4, 0.5) is 4.39 Å². The molecule has 0 saturated carbocycles. The van der Waals surface area contributed by atoms with Crippen LogP contribution in [0.3, 0.4) is 0 Å². The summed E-state index contributed by atoms with van der Waals surface area (Å²) in [4.78, 5) is 1.22. The van der Waals surface area contributed by atoms with Crippen LogP contribution in [-0.2, 0) is 5.75 Å². The van der Waals surface area contributed by atoms with Gasteiger partial charge in [-0.2, -0.15) is 0 Å². The maximum Gasteiger partial charge on any atom is 0.123 e. The van der Waals surface area contributed by atoms with Crippen molar-refractivity contribution in [3.8, 4) is 0 Å². The van der Waals surface area contributed by atoms with Crippen molar-refractivity contribution in [3.63, 3.8) is 0 Å². The zero-order valence-electron chi connectivity index (χ0n) is 8.49. The standard InChI is InChI=1S/C13H10BrFS/c14-11-3-7-13(8-4-11)16-9-10-1-5-12(15)6-2-10/h1-8H,9H2. The van der Waals surface area contributed by atoms with E-state index in [2.05, 4.69) is 28.1 Å². The number of hydrogen-bond donors (Lipinski definition) is 0. The largest absolute Gasteiger partial charge is 0.207 e. The van der Waals surface area contributed by atoms with E-state index in [1.165, 1.54) is 17.0 Å². The second-order valence-electron chi connectivity index (χ2n) is 3.37. The van der Waals surface area contributed by atoms with Gasteiger partial charge in [0.1, 0.15) is 5.82 Å². The fourth-order valence-electron chi connectivity index (χ4n) is 1.28. The third-order valence-corrected chi connectivity index (χ3v) is 3.74. The van der Waals surface area contributed by atoms with Gasteiger partial charge < -0.3 is 0 Å². The molecule has 3 heteroatoms. The number of hydrogen-bond acceptors (Lipinski definition) is 1. The van der Waals surface area contributed by atoms with E-state index in [9.17, 15) is 4.39 Å². The Morgan fingerprint density at radius 1 is 0.938 bits per heavy atom. The summed E-state index contributed by atoms with van der Waals surface area (Å²) in [5, 5.41) is 0. The summed E-state index contributed by atoms with van der Waals surface area (Å²) in [7, 11) is 0. The highest BCUT2D eigenvalue weighted by molar-refractivity contribution is 9.10. The summed E-state index contributed by atoms with van der Waals surface area (Å²) in [6.45, 7) is 0. The first-order valence-corrected chi connectivity index (χ1v) is 6.65. The number of benzene rings is 2. The summed E-state index contributed by atoms with van der Waals surface area (Å²) >= 11 is 5.14. The van der Waals surface area contributed by atoms with Crippen LogP contribution in [0, 0.1) is 5.82 Å². The van der Waals surface area contributed by atoms with Crippen molar-refractivity contribution in [2.75, 3.05) is 0 Å². The first-order valence-electron chi connectivity index (χ1n) is 4.87. The molecule has 0 radical (unpaired) electrons. The normalized spacial score (nSPS) is 10.4. The fourth-order valence-corrected chi connectivity index (χ4v) is 2.40. The molecule has 0 heterocycles. The lowest BCUT2D eigenvalue weighted by Crippen LogP contribution is -1.81. The summed E-state index contributed by atoms with van der Waals surface area (Å²) in [6.07, 6.45) is 0. The summed E-state index contributed by atoms with van der Waals surface area (Å²) < 4.78 is 13.8. The van der Waals surface area contributed by atoms with Crippen LogP contribution < -0.4 is 0 Å². The van der Waals surface area contributed by atoms with Crippen molar-refractivity contribution in [2.24, 2.45) is 0 Å². The Labute approximate surface area is 107 Å². The van der Waals surface area contributed by atoms with Gasteiger partial charge in [0.25, 0.3) is 0 Å². The van der Waals surface area contributed by atoms with Gasteiger partial charge in [0.2, 0.25) is 0 Å². The Bertz CT molecular complexity index is 405. The molecule has 2 rings (SSSR count). The number of thioether (sulfide) groups is 1. The monoisotopic (exact) mass is 296 g/mol. The molecule has 82 valence electrons. The third kappa shape index (κ3) is 3.35. The van der Waals surface area contributed by atoms with Crippen LogP contribution >= 0.6 is 27.7 Å². The number of rotatable bonds is 3. The Hall–Kier alpha value is -0.800. The van der Waals surface area contributed by atoms with Crippen molar-refractivity contribution in [1.29, 1.82) is 0 Å². The Morgan fingerprint density at radius 3 is 2.19 bits per heavy atom. The van der Waals surface area contributed by atoms with Crippen LogP contribution in [0.15, 0.2) is 57.9 Å². The predicted octanol–water partition coefficient (Wildman–Crippen LogP) is 4.88. The minimum Gasteiger partial charge on any atom is -0.207 e. The molecule has 0 aliphatic carbocycles. The summed E-state index contributed by atoms with van der Waals surface area (Å²) in [6, 6.07) is 14.8. The van der Waals surface area contributed by atoms with Crippen LogP contribution in [0.5, 0.6) is 0 Å². The molecular formula is C13H10BrFS. The Kier molecular flexibility index (Phi) is 4.02. The van der Waals surface area contributed by atoms with Gasteiger partial charge in [0, 0.05) is 15.1 Å².